The van der Waals surface area contributed by atoms with Gasteiger partial charge < -0.3 is 9.64 Å². The van der Waals surface area contributed by atoms with Gasteiger partial charge in [0.05, 0.1) is 6.20 Å². The maximum atomic E-state index is 11.8. The van der Waals surface area contributed by atoms with E-state index in [-0.39, 0.29) is 12.0 Å². The van der Waals surface area contributed by atoms with Gasteiger partial charge in [-0.3, -0.25) is 9.48 Å². The van der Waals surface area contributed by atoms with Crippen molar-refractivity contribution in [1.82, 2.24) is 14.7 Å². The lowest BCUT2D eigenvalue weighted by Gasteiger charge is -2.20. The minimum absolute atomic E-state index is 0.0238. The van der Waals surface area contributed by atoms with E-state index in [4.69, 9.17) is 4.74 Å². The van der Waals surface area contributed by atoms with Crippen LogP contribution in [0.3, 0.4) is 0 Å². The first kappa shape index (κ1) is 13.7. The SMILES string of the molecule is CCO[C@@H](C)C(=O)N(C)CCc1cnn(C)c1. The molecule has 0 bridgehead atoms. The summed E-state index contributed by atoms with van der Waals surface area (Å²) in [6.07, 6.45) is 4.24. The third kappa shape index (κ3) is 4.19. The fourth-order valence-corrected chi connectivity index (χ4v) is 1.64. The van der Waals surface area contributed by atoms with Crippen LogP contribution in [0.2, 0.25) is 0 Å². The van der Waals surface area contributed by atoms with Crippen LogP contribution in [0.15, 0.2) is 12.4 Å². The third-order valence-corrected chi connectivity index (χ3v) is 2.63. The number of rotatable bonds is 6. The van der Waals surface area contributed by atoms with Gasteiger partial charge in [-0.25, -0.2) is 0 Å². The molecule has 5 heteroatoms. The van der Waals surface area contributed by atoms with E-state index in [1.807, 2.05) is 26.4 Å². The van der Waals surface area contributed by atoms with E-state index in [1.54, 1.807) is 23.6 Å². The normalized spacial score (nSPS) is 12.5. The van der Waals surface area contributed by atoms with Crippen molar-refractivity contribution in [2.75, 3.05) is 20.2 Å². The summed E-state index contributed by atoms with van der Waals surface area (Å²) in [7, 11) is 3.68. The Morgan fingerprint density at radius 2 is 2.35 bits per heavy atom. The van der Waals surface area contributed by atoms with E-state index >= 15 is 0 Å². The number of aryl methyl sites for hydroxylation is 1. The predicted octanol–water partition coefficient (Wildman–Crippen LogP) is 0.846. The third-order valence-electron chi connectivity index (χ3n) is 2.63. The average Bonchev–Trinajstić information content (AvgIpc) is 2.71. The molecule has 0 N–H and O–H groups in total. The number of hydrogen-bond acceptors (Lipinski definition) is 3. The van der Waals surface area contributed by atoms with E-state index in [2.05, 4.69) is 5.10 Å². The van der Waals surface area contributed by atoms with Gasteiger partial charge in [0.2, 0.25) is 0 Å². The van der Waals surface area contributed by atoms with Crippen molar-refractivity contribution >= 4 is 5.91 Å². The Morgan fingerprint density at radius 1 is 1.65 bits per heavy atom. The van der Waals surface area contributed by atoms with Crippen LogP contribution in [-0.2, 0) is 23.0 Å². The molecule has 96 valence electrons. The fraction of sp³-hybridized carbons (Fsp3) is 0.667. The quantitative estimate of drug-likeness (QED) is 0.739. The van der Waals surface area contributed by atoms with E-state index in [9.17, 15) is 4.79 Å². The molecule has 1 rings (SSSR count). The van der Waals surface area contributed by atoms with Gasteiger partial charge in [-0.15, -0.1) is 0 Å². The molecule has 0 radical (unpaired) electrons. The highest BCUT2D eigenvalue weighted by atomic mass is 16.5. The molecule has 0 spiro atoms. The molecule has 0 aliphatic carbocycles. The molecule has 17 heavy (non-hydrogen) atoms. The molecule has 5 nitrogen and oxygen atoms in total. The van der Waals surface area contributed by atoms with Crippen LogP contribution in [0.1, 0.15) is 19.4 Å². The van der Waals surface area contributed by atoms with E-state index in [0.717, 1.165) is 12.0 Å². The maximum Gasteiger partial charge on any atom is 0.251 e. The first-order chi connectivity index (χ1) is 8.04. The van der Waals surface area contributed by atoms with Gasteiger partial charge in [-0.05, 0) is 25.8 Å². The Labute approximate surface area is 102 Å². The molecule has 1 aromatic rings. The van der Waals surface area contributed by atoms with Crippen molar-refractivity contribution in [3.63, 3.8) is 0 Å². The van der Waals surface area contributed by atoms with Gasteiger partial charge in [0, 0.05) is 33.4 Å². The summed E-state index contributed by atoms with van der Waals surface area (Å²) in [4.78, 5) is 13.5. The zero-order valence-corrected chi connectivity index (χ0v) is 11.0. The molecule has 0 aliphatic heterocycles. The zero-order chi connectivity index (χ0) is 12.8. The Hall–Kier alpha value is -1.36. The van der Waals surface area contributed by atoms with Gasteiger partial charge in [0.15, 0.2) is 0 Å². The first-order valence-electron chi connectivity index (χ1n) is 5.88. The molecule has 1 atom stereocenters. The largest absolute Gasteiger partial charge is 0.369 e. The standard InChI is InChI=1S/C12H21N3O2/c1-5-17-10(2)12(16)14(3)7-6-11-8-13-15(4)9-11/h8-10H,5-7H2,1-4H3/t10-/m0/s1. The van der Waals surface area contributed by atoms with Crippen LogP contribution in [-0.4, -0.2) is 46.9 Å². The summed E-state index contributed by atoms with van der Waals surface area (Å²) in [6, 6.07) is 0. The Morgan fingerprint density at radius 3 is 2.88 bits per heavy atom. The van der Waals surface area contributed by atoms with Crippen molar-refractivity contribution in [1.29, 1.82) is 0 Å². The Kier molecular flexibility index (Phi) is 5.15. The van der Waals surface area contributed by atoms with E-state index in [0.29, 0.717) is 13.2 Å². The molecular weight excluding hydrogens is 218 g/mol. The summed E-state index contributed by atoms with van der Waals surface area (Å²) in [5.74, 6) is 0.0238. The lowest BCUT2D eigenvalue weighted by atomic mass is 10.2. The maximum absolute atomic E-state index is 11.8. The molecule has 1 aromatic heterocycles. The highest BCUT2D eigenvalue weighted by molar-refractivity contribution is 5.80. The van der Waals surface area contributed by atoms with Crippen molar-refractivity contribution in [2.24, 2.45) is 7.05 Å². The molecule has 0 aromatic carbocycles. The van der Waals surface area contributed by atoms with Gasteiger partial charge in [-0.2, -0.15) is 5.10 Å². The second-order valence-corrected chi connectivity index (χ2v) is 4.13. The number of carbonyl (C=O) groups is 1. The summed E-state index contributed by atoms with van der Waals surface area (Å²) in [5, 5.41) is 4.09. The predicted molar refractivity (Wildman–Crippen MR) is 65.6 cm³/mol. The molecule has 0 unspecified atom stereocenters. The number of hydrogen-bond donors (Lipinski definition) is 0. The number of likely N-dealkylation sites (N-methyl/N-ethyl adjacent to an activating group) is 1. The minimum Gasteiger partial charge on any atom is -0.369 e. The Bertz CT molecular complexity index is 362. The van der Waals surface area contributed by atoms with Crippen molar-refractivity contribution in [2.45, 2.75) is 26.4 Å². The van der Waals surface area contributed by atoms with Crippen LogP contribution in [0.5, 0.6) is 0 Å². The smallest absolute Gasteiger partial charge is 0.251 e. The molecule has 0 aliphatic rings. The minimum atomic E-state index is -0.362. The molecule has 1 amide bonds. The van der Waals surface area contributed by atoms with Crippen LogP contribution >= 0.6 is 0 Å². The lowest BCUT2D eigenvalue weighted by Crippen LogP contribution is -2.37. The topological polar surface area (TPSA) is 47.4 Å². The monoisotopic (exact) mass is 239 g/mol. The second-order valence-electron chi connectivity index (χ2n) is 4.13. The average molecular weight is 239 g/mol. The number of aromatic nitrogens is 2. The first-order valence-corrected chi connectivity index (χ1v) is 5.88. The molecular formula is C12H21N3O2. The number of amides is 1. The fourth-order valence-electron chi connectivity index (χ4n) is 1.64. The van der Waals surface area contributed by atoms with Crippen LogP contribution < -0.4 is 0 Å². The number of ether oxygens (including phenoxy) is 1. The molecule has 1 heterocycles. The van der Waals surface area contributed by atoms with Gasteiger partial charge in [0.25, 0.3) is 5.91 Å². The van der Waals surface area contributed by atoms with Crippen molar-refractivity contribution in [3.8, 4) is 0 Å². The van der Waals surface area contributed by atoms with E-state index in [1.165, 1.54) is 0 Å². The second kappa shape index (κ2) is 6.39. The highest BCUT2D eigenvalue weighted by Gasteiger charge is 2.17. The Balaban J connectivity index is 2.38. The number of nitrogens with zero attached hydrogens (tertiary/aromatic N) is 3. The summed E-state index contributed by atoms with van der Waals surface area (Å²) >= 11 is 0. The summed E-state index contributed by atoms with van der Waals surface area (Å²) < 4.78 is 7.04. The zero-order valence-electron chi connectivity index (χ0n) is 11.0. The summed E-state index contributed by atoms with van der Waals surface area (Å²) in [5.41, 5.74) is 1.14. The van der Waals surface area contributed by atoms with Gasteiger partial charge in [0.1, 0.15) is 6.10 Å². The number of carbonyl (C=O) groups excluding carboxylic acids is 1. The summed E-state index contributed by atoms with van der Waals surface area (Å²) in [6.45, 7) is 4.91. The van der Waals surface area contributed by atoms with Crippen LogP contribution in [0.25, 0.3) is 0 Å². The lowest BCUT2D eigenvalue weighted by molar-refractivity contribution is -0.140. The molecule has 0 fully saturated rings. The van der Waals surface area contributed by atoms with Crippen molar-refractivity contribution < 1.29 is 9.53 Å². The molecule has 0 saturated carbocycles. The van der Waals surface area contributed by atoms with Crippen molar-refractivity contribution in [3.05, 3.63) is 18.0 Å². The van der Waals surface area contributed by atoms with E-state index < -0.39 is 0 Å². The van der Waals surface area contributed by atoms with Crippen LogP contribution in [0, 0.1) is 0 Å². The van der Waals surface area contributed by atoms with Gasteiger partial charge >= 0.3 is 0 Å². The molecule has 0 saturated heterocycles. The van der Waals surface area contributed by atoms with Gasteiger partial charge in [-0.1, -0.05) is 0 Å². The van der Waals surface area contributed by atoms with Crippen LogP contribution in [0.4, 0.5) is 0 Å². The highest BCUT2D eigenvalue weighted by Crippen LogP contribution is 2.02.